The minimum absolute atomic E-state index is 0.152. The number of halogens is 1. The van der Waals surface area contributed by atoms with Crippen molar-refractivity contribution in [1.29, 1.82) is 0 Å². The molecule has 3 N–H and O–H groups in total. The van der Waals surface area contributed by atoms with Crippen LogP contribution in [0.5, 0.6) is 5.75 Å². The number of amides is 1. The van der Waals surface area contributed by atoms with Crippen molar-refractivity contribution >= 4 is 23.5 Å². The van der Waals surface area contributed by atoms with E-state index < -0.39 is 0 Å². The molecule has 1 aliphatic rings. The van der Waals surface area contributed by atoms with Gasteiger partial charge in [0.2, 0.25) is 5.91 Å². The van der Waals surface area contributed by atoms with Crippen molar-refractivity contribution in [2.45, 2.75) is 19.8 Å². The van der Waals surface area contributed by atoms with Crippen LogP contribution in [0.4, 0.5) is 0 Å². The number of carbonyl (C=O) groups excluding carboxylic acids is 1. The van der Waals surface area contributed by atoms with E-state index >= 15 is 0 Å². The molecule has 0 spiro atoms. The van der Waals surface area contributed by atoms with Gasteiger partial charge in [-0.15, -0.1) is 0 Å². The Hall–Kier alpha value is -1.95. The lowest BCUT2D eigenvalue weighted by atomic mass is 10.3. The highest BCUT2D eigenvalue weighted by Crippen LogP contribution is 2.28. The molecule has 132 valence electrons. The Bertz CT molecular complexity index is 544. The molecule has 1 aliphatic carbocycles. The van der Waals surface area contributed by atoms with Crippen LogP contribution in [0.1, 0.15) is 19.8 Å². The van der Waals surface area contributed by atoms with Crippen molar-refractivity contribution in [2.75, 3.05) is 32.8 Å². The number of carbonyl (C=O) groups is 1. The summed E-state index contributed by atoms with van der Waals surface area (Å²) in [6.07, 6.45) is 2.04. The van der Waals surface area contributed by atoms with E-state index in [0.29, 0.717) is 31.3 Å². The SMILES string of the molecule is CCNC(=NCCNC(=O)C1CC1)NCCOc1ccc(Cl)cc1. The summed E-state index contributed by atoms with van der Waals surface area (Å²) < 4.78 is 5.62. The molecule has 1 amide bonds. The number of hydrogen-bond acceptors (Lipinski definition) is 3. The van der Waals surface area contributed by atoms with Gasteiger partial charge >= 0.3 is 0 Å². The average molecular weight is 353 g/mol. The van der Waals surface area contributed by atoms with Crippen LogP contribution in [0.2, 0.25) is 5.02 Å². The molecular weight excluding hydrogens is 328 g/mol. The maximum atomic E-state index is 11.5. The first-order valence-electron chi connectivity index (χ1n) is 8.37. The summed E-state index contributed by atoms with van der Waals surface area (Å²) in [5.41, 5.74) is 0. The minimum atomic E-state index is 0.152. The second kappa shape index (κ2) is 10.0. The highest BCUT2D eigenvalue weighted by Gasteiger charge is 2.28. The van der Waals surface area contributed by atoms with Crippen molar-refractivity contribution in [2.24, 2.45) is 10.9 Å². The summed E-state index contributed by atoms with van der Waals surface area (Å²) in [6, 6.07) is 7.27. The molecule has 7 heteroatoms. The fourth-order valence-corrected chi connectivity index (χ4v) is 2.17. The average Bonchev–Trinajstić information content (AvgIpc) is 3.41. The van der Waals surface area contributed by atoms with E-state index in [4.69, 9.17) is 16.3 Å². The lowest BCUT2D eigenvalue weighted by molar-refractivity contribution is -0.122. The molecular formula is C17H25ClN4O2. The zero-order chi connectivity index (χ0) is 17.2. The highest BCUT2D eigenvalue weighted by molar-refractivity contribution is 6.30. The van der Waals surface area contributed by atoms with Crippen LogP contribution in [0.25, 0.3) is 0 Å². The summed E-state index contributed by atoms with van der Waals surface area (Å²) in [5.74, 6) is 1.90. The first kappa shape index (κ1) is 18.4. The van der Waals surface area contributed by atoms with E-state index in [1.165, 1.54) is 0 Å². The summed E-state index contributed by atoms with van der Waals surface area (Å²) >= 11 is 5.83. The predicted octanol–water partition coefficient (Wildman–Crippen LogP) is 1.80. The molecule has 6 nitrogen and oxygen atoms in total. The smallest absolute Gasteiger partial charge is 0.223 e. The van der Waals surface area contributed by atoms with Crippen LogP contribution in [0.3, 0.4) is 0 Å². The molecule has 1 aromatic rings. The fourth-order valence-electron chi connectivity index (χ4n) is 2.05. The van der Waals surface area contributed by atoms with E-state index in [9.17, 15) is 4.79 Å². The highest BCUT2D eigenvalue weighted by atomic mass is 35.5. The number of nitrogens with zero attached hydrogens (tertiary/aromatic N) is 1. The molecule has 0 radical (unpaired) electrons. The van der Waals surface area contributed by atoms with Gasteiger partial charge in [-0.3, -0.25) is 9.79 Å². The first-order chi connectivity index (χ1) is 11.7. The lowest BCUT2D eigenvalue weighted by Crippen LogP contribution is -2.40. The third-order valence-electron chi connectivity index (χ3n) is 3.45. The molecule has 0 unspecified atom stereocenters. The van der Waals surface area contributed by atoms with E-state index in [1.54, 1.807) is 12.1 Å². The van der Waals surface area contributed by atoms with Crippen LogP contribution >= 0.6 is 11.6 Å². The Morgan fingerprint density at radius 1 is 1.21 bits per heavy atom. The van der Waals surface area contributed by atoms with E-state index in [0.717, 1.165) is 31.1 Å². The molecule has 1 saturated carbocycles. The zero-order valence-electron chi connectivity index (χ0n) is 14.0. The van der Waals surface area contributed by atoms with E-state index in [2.05, 4.69) is 20.9 Å². The van der Waals surface area contributed by atoms with Gasteiger partial charge in [0.25, 0.3) is 0 Å². The Morgan fingerprint density at radius 2 is 1.96 bits per heavy atom. The molecule has 24 heavy (non-hydrogen) atoms. The van der Waals surface area contributed by atoms with Gasteiger partial charge in [0.1, 0.15) is 12.4 Å². The lowest BCUT2D eigenvalue weighted by Gasteiger charge is -2.12. The normalized spacial score (nSPS) is 14.2. The summed E-state index contributed by atoms with van der Waals surface area (Å²) in [4.78, 5) is 16.0. The fraction of sp³-hybridized carbons (Fsp3) is 0.529. The van der Waals surface area contributed by atoms with Crippen molar-refractivity contribution in [3.05, 3.63) is 29.3 Å². The number of benzene rings is 1. The van der Waals surface area contributed by atoms with Gasteiger partial charge in [0.05, 0.1) is 13.1 Å². The Morgan fingerprint density at radius 3 is 2.62 bits per heavy atom. The summed E-state index contributed by atoms with van der Waals surface area (Å²) in [6.45, 7) is 5.04. The number of hydrogen-bond donors (Lipinski definition) is 3. The molecule has 0 aliphatic heterocycles. The number of nitrogens with one attached hydrogen (secondary N) is 3. The topological polar surface area (TPSA) is 74.8 Å². The van der Waals surface area contributed by atoms with Crippen LogP contribution in [-0.4, -0.2) is 44.7 Å². The van der Waals surface area contributed by atoms with Gasteiger partial charge in [0.15, 0.2) is 5.96 Å². The number of guanidine groups is 1. The van der Waals surface area contributed by atoms with Crippen molar-refractivity contribution in [1.82, 2.24) is 16.0 Å². The van der Waals surface area contributed by atoms with Gasteiger partial charge in [0, 0.05) is 24.0 Å². The largest absolute Gasteiger partial charge is 0.492 e. The zero-order valence-corrected chi connectivity index (χ0v) is 14.7. The minimum Gasteiger partial charge on any atom is -0.492 e. The third-order valence-corrected chi connectivity index (χ3v) is 3.70. The molecule has 0 aromatic heterocycles. The molecule has 0 saturated heterocycles. The molecule has 1 aromatic carbocycles. The van der Waals surface area contributed by atoms with Crippen molar-refractivity contribution in [3.8, 4) is 5.75 Å². The van der Waals surface area contributed by atoms with Crippen LogP contribution in [0, 0.1) is 5.92 Å². The van der Waals surface area contributed by atoms with Crippen LogP contribution in [0.15, 0.2) is 29.3 Å². The van der Waals surface area contributed by atoms with Gasteiger partial charge in [-0.2, -0.15) is 0 Å². The molecule has 0 heterocycles. The number of rotatable bonds is 9. The summed E-state index contributed by atoms with van der Waals surface area (Å²) in [5, 5.41) is 9.95. The van der Waals surface area contributed by atoms with Crippen molar-refractivity contribution < 1.29 is 9.53 Å². The Balaban J connectivity index is 1.62. The van der Waals surface area contributed by atoms with Gasteiger partial charge in [-0.25, -0.2) is 0 Å². The molecule has 1 fully saturated rings. The number of aliphatic imine (C=N–C) groups is 1. The molecule has 0 atom stereocenters. The van der Waals surface area contributed by atoms with Crippen molar-refractivity contribution in [3.63, 3.8) is 0 Å². The molecule has 0 bridgehead atoms. The number of ether oxygens (including phenoxy) is 1. The second-order valence-electron chi connectivity index (χ2n) is 5.56. The molecule has 2 rings (SSSR count). The van der Waals surface area contributed by atoms with Crippen LogP contribution in [-0.2, 0) is 4.79 Å². The second-order valence-corrected chi connectivity index (χ2v) is 5.99. The summed E-state index contributed by atoms with van der Waals surface area (Å²) in [7, 11) is 0. The quantitative estimate of drug-likeness (QED) is 0.360. The predicted molar refractivity (Wildman–Crippen MR) is 96.7 cm³/mol. The van der Waals surface area contributed by atoms with Gasteiger partial charge in [-0.05, 0) is 44.0 Å². The van der Waals surface area contributed by atoms with Crippen LogP contribution < -0.4 is 20.7 Å². The van der Waals surface area contributed by atoms with Gasteiger partial charge < -0.3 is 20.7 Å². The maximum Gasteiger partial charge on any atom is 0.223 e. The van der Waals surface area contributed by atoms with E-state index in [1.807, 2.05) is 19.1 Å². The Labute approximate surface area is 148 Å². The monoisotopic (exact) mass is 352 g/mol. The van der Waals surface area contributed by atoms with Gasteiger partial charge in [-0.1, -0.05) is 11.6 Å². The Kier molecular flexibility index (Phi) is 7.68. The maximum absolute atomic E-state index is 11.5. The third kappa shape index (κ3) is 7.08. The van der Waals surface area contributed by atoms with E-state index in [-0.39, 0.29) is 11.8 Å². The first-order valence-corrected chi connectivity index (χ1v) is 8.75. The standard InChI is InChI=1S/C17H25ClN4O2/c1-2-19-17(21-10-9-20-16(23)13-3-4-13)22-11-12-24-15-7-5-14(18)6-8-15/h5-8,13H,2-4,9-12H2,1H3,(H,20,23)(H2,19,21,22).